The van der Waals surface area contributed by atoms with Crippen LogP contribution in [0.4, 0.5) is 17.2 Å². The zero-order valence-electron chi connectivity index (χ0n) is 12.1. The van der Waals surface area contributed by atoms with Crippen LogP contribution in [0.3, 0.4) is 0 Å². The molecular weight excluding hydrogens is 264 g/mol. The summed E-state index contributed by atoms with van der Waals surface area (Å²) in [5.74, 6) is 0.479. The Hall–Kier alpha value is -2.82. The van der Waals surface area contributed by atoms with Gasteiger partial charge in [-0.1, -0.05) is 6.07 Å². The van der Waals surface area contributed by atoms with Crippen molar-refractivity contribution in [2.24, 2.45) is 0 Å². The van der Waals surface area contributed by atoms with Gasteiger partial charge in [0.2, 0.25) is 5.91 Å². The van der Waals surface area contributed by atoms with Crippen LogP contribution in [0.1, 0.15) is 11.1 Å². The van der Waals surface area contributed by atoms with Crippen molar-refractivity contribution in [3.63, 3.8) is 0 Å². The fourth-order valence-corrected chi connectivity index (χ4v) is 1.90. The minimum absolute atomic E-state index is 0.239. The summed E-state index contributed by atoms with van der Waals surface area (Å²) < 4.78 is 0. The third kappa shape index (κ3) is 3.82. The van der Waals surface area contributed by atoms with Crippen molar-refractivity contribution < 1.29 is 4.79 Å². The summed E-state index contributed by atoms with van der Waals surface area (Å²) in [4.78, 5) is 16.1. The summed E-state index contributed by atoms with van der Waals surface area (Å²) in [6, 6.07) is 9.20. The molecular formula is C16H18N4O. The Morgan fingerprint density at radius 1 is 1.33 bits per heavy atom. The van der Waals surface area contributed by atoms with Crippen LogP contribution in [-0.4, -0.2) is 17.9 Å². The number of carbonyl (C=O) groups is 1. The summed E-state index contributed by atoms with van der Waals surface area (Å²) in [7, 11) is 1.78. The normalized spacial score (nSPS) is 10.6. The maximum Gasteiger partial charge on any atom is 0.248 e. The lowest BCUT2D eigenvalue weighted by Crippen LogP contribution is -2.09. The number of pyridine rings is 1. The fraction of sp³-hybridized carbons (Fsp3) is 0.125. The Labute approximate surface area is 123 Å². The number of aryl methyl sites for hydroxylation is 1. The van der Waals surface area contributed by atoms with Gasteiger partial charge < -0.3 is 16.4 Å². The number of aromatic nitrogens is 1. The van der Waals surface area contributed by atoms with Crippen molar-refractivity contribution in [3.05, 3.63) is 53.7 Å². The molecule has 0 saturated carbocycles. The molecule has 0 fully saturated rings. The molecule has 2 rings (SSSR count). The number of nitrogen functional groups attached to an aromatic ring is 1. The highest BCUT2D eigenvalue weighted by Gasteiger charge is 2.03. The average molecular weight is 282 g/mol. The van der Waals surface area contributed by atoms with Crippen LogP contribution >= 0.6 is 0 Å². The van der Waals surface area contributed by atoms with E-state index in [0.717, 1.165) is 16.9 Å². The van der Waals surface area contributed by atoms with E-state index < -0.39 is 0 Å². The van der Waals surface area contributed by atoms with Crippen LogP contribution in [0.25, 0.3) is 6.08 Å². The van der Waals surface area contributed by atoms with E-state index in [2.05, 4.69) is 15.6 Å². The van der Waals surface area contributed by atoms with Crippen molar-refractivity contribution in [3.8, 4) is 0 Å². The highest BCUT2D eigenvalue weighted by molar-refractivity contribution is 6.03. The maximum absolute atomic E-state index is 11.9. The van der Waals surface area contributed by atoms with Crippen LogP contribution < -0.4 is 16.4 Å². The third-order valence-electron chi connectivity index (χ3n) is 2.95. The Morgan fingerprint density at radius 3 is 2.86 bits per heavy atom. The SMILES string of the molecule is CNc1ncccc1/C=C/C(=O)Nc1ccc(C)cc1N. The Morgan fingerprint density at radius 2 is 2.14 bits per heavy atom. The second-order valence-electron chi connectivity index (χ2n) is 4.60. The lowest BCUT2D eigenvalue weighted by Gasteiger charge is -2.07. The van der Waals surface area contributed by atoms with Crippen LogP contribution in [-0.2, 0) is 4.79 Å². The summed E-state index contributed by atoms with van der Waals surface area (Å²) in [5.41, 5.74) is 8.91. The number of nitrogens with one attached hydrogen (secondary N) is 2. The van der Waals surface area contributed by atoms with E-state index in [1.807, 2.05) is 31.2 Å². The van der Waals surface area contributed by atoms with Gasteiger partial charge in [-0.3, -0.25) is 4.79 Å². The Bertz CT molecular complexity index is 680. The molecule has 2 aromatic rings. The molecule has 0 spiro atoms. The van der Waals surface area contributed by atoms with Crippen molar-refractivity contribution in [2.75, 3.05) is 23.4 Å². The molecule has 4 N–H and O–H groups in total. The second-order valence-corrected chi connectivity index (χ2v) is 4.60. The molecule has 21 heavy (non-hydrogen) atoms. The van der Waals surface area contributed by atoms with Gasteiger partial charge in [0, 0.05) is 24.9 Å². The number of carbonyl (C=O) groups excluding carboxylic acids is 1. The molecule has 0 atom stereocenters. The summed E-state index contributed by atoms with van der Waals surface area (Å²) >= 11 is 0. The summed E-state index contributed by atoms with van der Waals surface area (Å²) in [6.07, 6.45) is 4.85. The molecule has 0 radical (unpaired) electrons. The number of benzene rings is 1. The molecule has 5 nitrogen and oxygen atoms in total. The van der Waals surface area contributed by atoms with E-state index in [-0.39, 0.29) is 5.91 Å². The van der Waals surface area contributed by atoms with Crippen molar-refractivity contribution in [2.45, 2.75) is 6.92 Å². The smallest absolute Gasteiger partial charge is 0.248 e. The number of anilines is 3. The molecule has 0 unspecified atom stereocenters. The first kappa shape index (κ1) is 14.6. The molecule has 0 aliphatic carbocycles. The van der Waals surface area contributed by atoms with E-state index in [1.165, 1.54) is 6.08 Å². The van der Waals surface area contributed by atoms with E-state index in [9.17, 15) is 4.79 Å². The van der Waals surface area contributed by atoms with Gasteiger partial charge in [0.25, 0.3) is 0 Å². The van der Waals surface area contributed by atoms with Gasteiger partial charge >= 0.3 is 0 Å². The van der Waals surface area contributed by atoms with E-state index in [4.69, 9.17) is 5.73 Å². The first-order valence-electron chi connectivity index (χ1n) is 6.58. The predicted molar refractivity (Wildman–Crippen MR) is 87.0 cm³/mol. The standard InChI is InChI=1S/C16H18N4O/c1-11-5-7-14(13(17)10-11)20-15(21)8-6-12-4-3-9-19-16(12)18-2/h3-10H,17H2,1-2H3,(H,18,19)(H,20,21)/b8-6+. The quantitative estimate of drug-likeness (QED) is 0.595. The van der Waals surface area contributed by atoms with Gasteiger partial charge in [0.1, 0.15) is 5.82 Å². The highest BCUT2D eigenvalue weighted by Crippen LogP contribution is 2.19. The fourth-order valence-electron chi connectivity index (χ4n) is 1.90. The lowest BCUT2D eigenvalue weighted by molar-refractivity contribution is -0.111. The molecule has 1 aromatic carbocycles. The van der Waals surface area contributed by atoms with Gasteiger partial charge in [-0.2, -0.15) is 0 Å². The Balaban J connectivity index is 2.09. The predicted octanol–water partition coefficient (Wildman–Crippen LogP) is 2.67. The number of amides is 1. The first-order valence-corrected chi connectivity index (χ1v) is 6.58. The molecule has 0 aliphatic heterocycles. The van der Waals surface area contributed by atoms with Gasteiger partial charge in [0.15, 0.2) is 0 Å². The molecule has 5 heteroatoms. The number of nitrogens with two attached hydrogens (primary N) is 1. The minimum atomic E-state index is -0.239. The van der Waals surface area contributed by atoms with Crippen LogP contribution in [0, 0.1) is 6.92 Å². The molecule has 1 amide bonds. The minimum Gasteiger partial charge on any atom is -0.397 e. The molecule has 1 heterocycles. The first-order chi connectivity index (χ1) is 10.1. The maximum atomic E-state index is 11.9. The lowest BCUT2D eigenvalue weighted by atomic mass is 10.2. The summed E-state index contributed by atoms with van der Waals surface area (Å²) in [6.45, 7) is 1.95. The van der Waals surface area contributed by atoms with Crippen LogP contribution in [0.5, 0.6) is 0 Å². The third-order valence-corrected chi connectivity index (χ3v) is 2.95. The summed E-state index contributed by atoms with van der Waals surface area (Å²) in [5, 5.41) is 5.72. The number of hydrogen-bond acceptors (Lipinski definition) is 4. The van der Waals surface area contributed by atoms with Crippen LogP contribution in [0.15, 0.2) is 42.6 Å². The van der Waals surface area contributed by atoms with E-state index >= 15 is 0 Å². The van der Waals surface area contributed by atoms with Crippen LogP contribution in [0.2, 0.25) is 0 Å². The highest BCUT2D eigenvalue weighted by atomic mass is 16.1. The number of hydrogen-bond donors (Lipinski definition) is 3. The van der Waals surface area contributed by atoms with Crippen molar-refractivity contribution >= 4 is 29.2 Å². The Kier molecular flexibility index (Phi) is 4.56. The molecule has 0 bridgehead atoms. The van der Waals surface area contributed by atoms with E-state index in [0.29, 0.717) is 11.4 Å². The van der Waals surface area contributed by atoms with Gasteiger partial charge in [-0.05, 0) is 42.8 Å². The van der Waals surface area contributed by atoms with Gasteiger partial charge in [0.05, 0.1) is 11.4 Å². The molecule has 0 saturated heterocycles. The molecule has 108 valence electrons. The average Bonchev–Trinajstić information content (AvgIpc) is 2.48. The van der Waals surface area contributed by atoms with Gasteiger partial charge in [-0.15, -0.1) is 0 Å². The monoisotopic (exact) mass is 282 g/mol. The molecule has 0 aliphatic rings. The number of nitrogens with zero attached hydrogens (tertiary/aromatic N) is 1. The number of rotatable bonds is 4. The molecule has 1 aromatic heterocycles. The second kappa shape index (κ2) is 6.56. The van der Waals surface area contributed by atoms with Gasteiger partial charge in [-0.25, -0.2) is 4.98 Å². The zero-order chi connectivity index (χ0) is 15.2. The topological polar surface area (TPSA) is 80.0 Å². The van der Waals surface area contributed by atoms with Crippen molar-refractivity contribution in [1.82, 2.24) is 4.98 Å². The van der Waals surface area contributed by atoms with Crippen molar-refractivity contribution in [1.29, 1.82) is 0 Å². The largest absolute Gasteiger partial charge is 0.397 e. The van der Waals surface area contributed by atoms with E-state index in [1.54, 1.807) is 25.4 Å². The zero-order valence-corrected chi connectivity index (χ0v) is 12.1.